The van der Waals surface area contributed by atoms with Crippen LogP contribution in [0.1, 0.15) is 22.3 Å². The predicted octanol–water partition coefficient (Wildman–Crippen LogP) is 4.91. The van der Waals surface area contributed by atoms with Crippen LogP contribution in [0.15, 0.2) is 89.9 Å². The van der Waals surface area contributed by atoms with Crippen LogP contribution in [0.5, 0.6) is 0 Å². The molecule has 1 aliphatic rings. The number of benzene rings is 3. The summed E-state index contributed by atoms with van der Waals surface area (Å²) >= 11 is 0. The Morgan fingerprint density at radius 2 is 1.04 bits per heavy atom. The van der Waals surface area contributed by atoms with Gasteiger partial charge in [0.25, 0.3) is 0 Å². The Bertz CT molecular complexity index is 698. The maximum absolute atomic E-state index is 4.65. The van der Waals surface area contributed by atoms with Crippen LogP contribution < -0.4 is 0 Å². The van der Waals surface area contributed by atoms with E-state index in [4.69, 9.17) is 0 Å². The average Bonchev–Trinajstić information content (AvgIpc) is 3.25. The molecule has 0 fully saturated rings. The van der Waals surface area contributed by atoms with Gasteiger partial charge >= 0.3 is 0 Å². The van der Waals surface area contributed by atoms with Crippen molar-refractivity contribution in [2.45, 2.75) is 12.8 Å². The van der Waals surface area contributed by atoms with E-state index in [0.717, 1.165) is 26.0 Å². The van der Waals surface area contributed by atoms with Gasteiger partial charge in [-0.05, 0) is 35.1 Å². The first-order valence-electron chi connectivity index (χ1n) is 8.66. The molecule has 2 heteroatoms. The zero-order valence-corrected chi connectivity index (χ0v) is 14.3. The molecule has 0 spiro atoms. The monoisotopic (exact) mass is 329 g/mol. The largest absolute Gasteiger partial charge is 0.482 e. The van der Waals surface area contributed by atoms with Crippen molar-refractivity contribution in [2.24, 2.45) is 4.99 Å². The molecule has 0 saturated carbocycles. The molecule has 3 aromatic carbocycles. The molecule has 3 aromatic rings. The summed E-state index contributed by atoms with van der Waals surface area (Å²) in [5.74, 6) is 0. The number of hydrogen-bond acceptors (Lipinski definition) is 2. The third kappa shape index (κ3) is 5.92. The number of rotatable bonds is 4. The molecule has 0 atom stereocenters. The Morgan fingerprint density at radius 1 is 0.600 bits per heavy atom. The van der Waals surface area contributed by atoms with Gasteiger partial charge in [0.15, 0.2) is 6.40 Å². The van der Waals surface area contributed by atoms with E-state index < -0.39 is 0 Å². The minimum atomic E-state index is 0.778. The highest BCUT2D eigenvalue weighted by Gasteiger charge is 1.98. The average molecular weight is 329 g/mol. The Balaban J connectivity index is 0.000000314. The van der Waals surface area contributed by atoms with E-state index in [0.29, 0.717) is 0 Å². The molecule has 0 aliphatic carbocycles. The second-order valence-electron chi connectivity index (χ2n) is 6.02. The summed E-state index contributed by atoms with van der Waals surface area (Å²) in [5, 5.41) is 0. The Labute approximate surface area is 149 Å². The van der Waals surface area contributed by atoms with Crippen LogP contribution in [-0.2, 0) is 17.6 Å². The number of hydrogen-bond donors (Lipinski definition) is 0. The molecule has 0 bridgehead atoms. The summed E-state index contributed by atoms with van der Waals surface area (Å²) in [6.45, 7) is 1.62. The lowest BCUT2D eigenvalue weighted by atomic mass is 10.0. The second-order valence-corrected chi connectivity index (χ2v) is 6.02. The van der Waals surface area contributed by atoms with Gasteiger partial charge in [0.05, 0.1) is 6.54 Å². The highest BCUT2D eigenvalue weighted by atomic mass is 16.5. The fraction of sp³-hybridized carbons (Fsp3) is 0.174. The van der Waals surface area contributed by atoms with Crippen molar-refractivity contribution in [3.63, 3.8) is 0 Å². The molecule has 0 radical (unpaired) electrons. The summed E-state index contributed by atoms with van der Waals surface area (Å²) in [5.41, 5.74) is 5.47. The fourth-order valence-corrected chi connectivity index (χ4v) is 2.70. The SMILES string of the molecule is C1=NCCO1.c1ccc(Cc2ccc(Cc3ccccc3)cc2)cc1. The van der Waals surface area contributed by atoms with E-state index in [1.807, 2.05) is 0 Å². The normalized spacial score (nSPS) is 12.2. The van der Waals surface area contributed by atoms with Crippen LogP contribution in [0.2, 0.25) is 0 Å². The van der Waals surface area contributed by atoms with Gasteiger partial charge in [0, 0.05) is 0 Å². The standard InChI is InChI=1S/C20H18.C3H5NO/c1-3-7-17(8-4-1)15-19-11-13-20(14-12-19)16-18-9-5-2-6-10-18;1-2-5-3-4-1/h1-14H,15-16H2;3H,1-2H2. The summed E-state index contributed by atoms with van der Waals surface area (Å²) < 4.78 is 4.65. The molecule has 0 unspecified atom stereocenters. The first-order valence-corrected chi connectivity index (χ1v) is 8.66. The van der Waals surface area contributed by atoms with Gasteiger partial charge in [0.1, 0.15) is 6.61 Å². The molecule has 1 aliphatic heterocycles. The zero-order chi connectivity index (χ0) is 17.2. The van der Waals surface area contributed by atoms with Crippen molar-refractivity contribution in [1.29, 1.82) is 0 Å². The summed E-state index contributed by atoms with van der Waals surface area (Å²) in [4.78, 5) is 3.74. The third-order valence-corrected chi connectivity index (χ3v) is 4.01. The molecule has 0 amide bonds. The van der Waals surface area contributed by atoms with E-state index in [1.54, 1.807) is 0 Å². The maximum Gasteiger partial charge on any atom is 0.169 e. The summed E-state index contributed by atoms with van der Waals surface area (Å²) in [6.07, 6.45) is 3.50. The van der Waals surface area contributed by atoms with Crippen molar-refractivity contribution in [3.05, 3.63) is 107 Å². The van der Waals surface area contributed by atoms with E-state index >= 15 is 0 Å². The maximum atomic E-state index is 4.65. The van der Waals surface area contributed by atoms with Crippen molar-refractivity contribution in [3.8, 4) is 0 Å². The van der Waals surface area contributed by atoms with E-state index in [2.05, 4.69) is 94.7 Å². The molecule has 2 nitrogen and oxygen atoms in total. The van der Waals surface area contributed by atoms with Crippen molar-refractivity contribution in [1.82, 2.24) is 0 Å². The molecule has 0 aromatic heterocycles. The molecule has 4 rings (SSSR count). The number of ether oxygens (including phenoxy) is 1. The minimum absolute atomic E-state index is 0.778. The Kier molecular flexibility index (Phi) is 6.40. The molecule has 126 valence electrons. The second kappa shape index (κ2) is 9.43. The van der Waals surface area contributed by atoms with Crippen LogP contribution in [0.25, 0.3) is 0 Å². The fourth-order valence-electron chi connectivity index (χ4n) is 2.70. The van der Waals surface area contributed by atoms with Crippen LogP contribution >= 0.6 is 0 Å². The first kappa shape index (κ1) is 17.0. The lowest BCUT2D eigenvalue weighted by molar-refractivity contribution is 0.361. The van der Waals surface area contributed by atoms with Crippen LogP contribution in [0.3, 0.4) is 0 Å². The molecular weight excluding hydrogens is 306 g/mol. The van der Waals surface area contributed by atoms with E-state index in [9.17, 15) is 0 Å². The van der Waals surface area contributed by atoms with Crippen LogP contribution in [-0.4, -0.2) is 19.6 Å². The van der Waals surface area contributed by atoms with Gasteiger partial charge in [-0.1, -0.05) is 84.9 Å². The highest BCUT2D eigenvalue weighted by Crippen LogP contribution is 2.13. The number of aliphatic imine (C=N–C) groups is 1. The molecule has 1 heterocycles. The van der Waals surface area contributed by atoms with Gasteiger partial charge in [-0.25, -0.2) is 0 Å². The van der Waals surface area contributed by atoms with Crippen molar-refractivity contribution < 1.29 is 4.74 Å². The van der Waals surface area contributed by atoms with Crippen molar-refractivity contribution in [2.75, 3.05) is 13.2 Å². The van der Waals surface area contributed by atoms with Gasteiger partial charge in [-0.3, -0.25) is 4.99 Å². The predicted molar refractivity (Wildman–Crippen MR) is 104 cm³/mol. The first-order chi connectivity index (χ1) is 12.4. The van der Waals surface area contributed by atoms with Gasteiger partial charge < -0.3 is 4.74 Å². The zero-order valence-electron chi connectivity index (χ0n) is 14.3. The summed E-state index contributed by atoms with van der Waals surface area (Å²) in [7, 11) is 0. The topological polar surface area (TPSA) is 21.6 Å². The van der Waals surface area contributed by atoms with Crippen LogP contribution in [0, 0.1) is 0 Å². The third-order valence-electron chi connectivity index (χ3n) is 4.01. The summed E-state index contributed by atoms with van der Waals surface area (Å²) in [6, 6.07) is 30.2. The number of nitrogens with zero attached hydrogens (tertiary/aromatic N) is 1. The van der Waals surface area contributed by atoms with Crippen LogP contribution in [0.4, 0.5) is 0 Å². The van der Waals surface area contributed by atoms with Crippen molar-refractivity contribution >= 4 is 6.40 Å². The van der Waals surface area contributed by atoms with E-state index in [-0.39, 0.29) is 0 Å². The Hall–Kier alpha value is -2.87. The molecule has 25 heavy (non-hydrogen) atoms. The van der Waals surface area contributed by atoms with Gasteiger partial charge in [-0.15, -0.1) is 0 Å². The molecule has 0 N–H and O–H groups in total. The highest BCUT2D eigenvalue weighted by molar-refractivity contribution is 5.47. The molecular formula is C23H23NO. The lowest BCUT2D eigenvalue weighted by Crippen LogP contribution is -1.91. The van der Waals surface area contributed by atoms with E-state index in [1.165, 1.54) is 28.7 Å². The quantitative estimate of drug-likeness (QED) is 0.666. The molecule has 0 saturated heterocycles. The lowest BCUT2D eigenvalue weighted by Gasteiger charge is -2.05. The smallest absolute Gasteiger partial charge is 0.169 e. The van der Waals surface area contributed by atoms with Gasteiger partial charge in [-0.2, -0.15) is 0 Å². The van der Waals surface area contributed by atoms with Gasteiger partial charge in [0.2, 0.25) is 0 Å². The minimum Gasteiger partial charge on any atom is -0.482 e. The Morgan fingerprint density at radius 3 is 1.36 bits per heavy atom.